The maximum atomic E-state index is 12.6. The van der Waals surface area contributed by atoms with Crippen LogP contribution in [-0.4, -0.2) is 22.5 Å². The second kappa shape index (κ2) is 11.3. The quantitative estimate of drug-likeness (QED) is 0.145. The fourth-order valence-corrected chi connectivity index (χ4v) is 3.09. The molecule has 3 aromatic rings. The van der Waals surface area contributed by atoms with Gasteiger partial charge in [-0.05, 0) is 49.2 Å². The lowest BCUT2D eigenvalue weighted by molar-refractivity contribution is -0.384. The van der Waals surface area contributed by atoms with Gasteiger partial charge in [-0.15, -0.1) is 0 Å². The number of nitro benzene ring substituents is 1. The lowest BCUT2D eigenvalue weighted by Gasteiger charge is -2.13. The predicted molar refractivity (Wildman–Crippen MR) is 130 cm³/mol. The highest BCUT2D eigenvalue weighted by molar-refractivity contribution is 6.10. The molecule has 0 fully saturated rings. The van der Waals surface area contributed by atoms with Crippen LogP contribution in [-0.2, 0) is 11.4 Å². The molecule has 0 aromatic heterocycles. The Morgan fingerprint density at radius 1 is 1.11 bits per heavy atom. The zero-order chi connectivity index (χ0) is 25.4. The summed E-state index contributed by atoms with van der Waals surface area (Å²) in [5.41, 5.74) is 2.05. The van der Waals surface area contributed by atoms with Gasteiger partial charge < -0.3 is 19.9 Å². The topological polar surface area (TPSA) is 135 Å². The number of nitro groups is 1. The van der Waals surface area contributed by atoms with Crippen molar-refractivity contribution in [2.24, 2.45) is 0 Å². The minimum atomic E-state index is -0.783. The highest BCUT2D eigenvalue weighted by Gasteiger charge is 2.15. The number of carbonyl (C=O) groups excluding carboxylic acids is 1. The number of non-ortho nitro benzene ring substituents is 1. The smallest absolute Gasteiger partial charge is 0.273 e. The molecule has 35 heavy (non-hydrogen) atoms. The van der Waals surface area contributed by atoms with Crippen LogP contribution in [0.2, 0.25) is 0 Å². The van der Waals surface area contributed by atoms with Gasteiger partial charge in [-0.25, -0.2) is 0 Å². The van der Waals surface area contributed by atoms with Crippen molar-refractivity contribution in [3.63, 3.8) is 0 Å². The molecule has 3 rings (SSSR count). The first-order valence-electron chi connectivity index (χ1n) is 10.7. The molecular formula is C26H23N3O6. The molecular weight excluding hydrogens is 450 g/mol. The molecule has 0 bridgehead atoms. The summed E-state index contributed by atoms with van der Waals surface area (Å²) in [6, 6.07) is 18.0. The number of hydrogen-bond donors (Lipinski definition) is 2. The van der Waals surface area contributed by atoms with Gasteiger partial charge in [0.1, 0.15) is 24.0 Å². The molecule has 0 aliphatic rings. The summed E-state index contributed by atoms with van der Waals surface area (Å²) in [5, 5.41) is 32.6. The highest BCUT2D eigenvalue weighted by atomic mass is 16.6. The zero-order valence-electron chi connectivity index (χ0n) is 19.1. The molecule has 0 saturated heterocycles. The van der Waals surface area contributed by atoms with Crippen molar-refractivity contribution in [2.75, 3.05) is 11.9 Å². The summed E-state index contributed by atoms with van der Waals surface area (Å²) < 4.78 is 11.6. The van der Waals surface area contributed by atoms with E-state index >= 15 is 0 Å². The predicted octanol–water partition coefficient (Wildman–Crippen LogP) is 5.13. The number of carbonyl (C=O) groups is 1. The summed E-state index contributed by atoms with van der Waals surface area (Å²) >= 11 is 0. The summed E-state index contributed by atoms with van der Waals surface area (Å²) in [6.45, 7) is 4.57. The zero-order valence-corrected chi connectivity index (χ0v) is 19.1. The van der Waals surface area contributed by atoms with Crippen molar-refractivity contribution in [1.82, 2.24) is 0 Å². The van der Waals surface area contributed by atoms with Gasteiger partial charge in [0, 0.05) is 6.07 Å². The van der Waals surface area contributed by atoms with E-state index in [0.717, 1.165) is 23.3 Å². The molecule has 0 saturated carbocycles. The van der Waals surface area contributed by atoms with E-state index in [-0.39, 0.29) is 16.9 Å². The molecule has 9 nitrogen and oxygen atoms in total. The molecule has 1 amide bonds. The first-order chi connectivity index (χ1) is 16.8. The lowest BCUT2D eigenvalue weighted by Crippen LogP contribution is -2.13. The van der Waals surface area contributed by atoms with Crippen LogP contribution in [0.1, 0.15) is 23.6 Å². The largest absolute Gasteiger partial charge is 0.506 e. The molecule has 0 aliphatic carbocycles. The molecule has 0 heterocycles. The van der Waals surface area contributed by atoms with Crippen LogP contribution in [0.3, 0.4) is 0 Å². The molecule has 0 radical (unpaired) electrons. The van der Waals surface area contributed by atoms with E-state index in [1.807, 2.05) is 44.2 Å². The van der Waals surface area contributed by atoms with Crippen molar-refractivity contribution < 1.29 is 24.3 Å². The van der Waals surface area contributed by atoms with E-state index < -0.39 is 16.6 Å². The van der Waals surface area contributed by atoms with Crippen LogP contribution < -0.4 is 14.8 Å². The van der Waals surface area contributed by atoms with Crippen LogP contribution >= 0.6 is 0 Å². The van der Waals surface area contributed by atoms with Crippen LogP contribution in [0.15, 0.2) is 66.2 Å². The average Bonchev–Trinajstić information content (AvgIpc) is 2.84. The Morgan fingerprint density at radius 2 is 1.86 bits per heavy atom. The number of hydrogen-bond acceptors (Lipinski definition) is 7. The fraction of sp³-hybridized carbons (Fsp3) is 0.154. The molecule has 0 atom stereocenters. The van der Waals surface area contributed by atoms with Crippen molar-refractivity contribution in [1.29, 1.82) is 5.26 Å². The number of amides is 1. The Kier molecular flexibility index (Phi) is 8.03. The van der Waals surface area contributed by atoms with Crippen LogP contribution in [0.25, 0.3) is 6.08 Å². The Morgan fingerprint density at radius 3 is 2.49 bits per heavy atom. The number of phenols is 1. The highest BCUT2D eigenvalue weighted by Crippen LogP contribution is 2.31. The number of phenolic OH excluding ortho intramolecular Hbond substituents is 1. The summed E-state index contributed by atoms with van der Waals surface area (Å²) in [4.78, 5) is 22.7. The molecule has 2 N–H and O–H groups in total. The van der Waals surface area contributed by atoms with Gasteiger partial charge in [0.05, 0.1) is 23.3 Å². The average molecular weight is 473 g/mol. The molecule has 9 heteroatoms. The van der Waals surface area contributed by atoms with E-state index in [2.05, 4.69) is 5.32 Å². The minimum Gasteiger partial charge on any atom is -0.506 e. The van der Waals surface area contributed by atoms with Gasteiger partial charge in [0.2, 0.25) is 0 Å². The third kappa shape index (κ3) is 6.58. The Balaban J connectivity index is 1.78. The van der Waals surface area contributed by atoms with Crippen molar-refractivity contribution in [2.45, 2.75) is 20.5 Å². The van der Waals surface area contributed by atoms with E-state index in [9.17, 15) is 25.3 Å². The number of benzene rings is 3. The van der Waals surface area contributed by atoms with E-state index in [1.54, 1.807) is 18.2 Å². The number of nitrogens with zero attached hydrogens (tertiary/aromatic N) is 2. The summed E-state index contributed by atoms with van der Waals surface area (Å²) in [5.74, 6) is -0.296. The number of aryl methyl sites for hydroxylation is 1. The maximum absolute atomic E-state index is 12.6. The van der Waals surface area contributed by atoms with E-state index in [4.69, 9.17) is 9.47 Å². The SMILES string of the molecule is CCOc1cc(/C=C(\C#N)C(=O)Nc2ccc([N+](=O)[O-])cc2O)ccc1OCc1ccc(C)cc1. The van der Waals surface area contributed by atoms with E-state index in [0.29, 0.717) is 30.3 Å². The van der Waals surface area contributed by atoms with Crippen LogP contribution in [0, 0.1) is 28.4 Å². The molecule has 0 spiro atoms. The second-order valence-corrected chi connectivity index (χ2v) is 7.50. The number of aromatic hydroxyl groups is 1. The fourth-order valence-electron chi connectivity index (χ4n) is 3.09. The Hall–Kier alpha value is -4.84. The van der Waals surface area contributed by atoms with Crippen LogP contribution in [0.5, 0.6) is 17.2 Å². The Bertz CT molecular complexity index is 1310. The Labute approximate surface area is 202 Å². The molecule has 178 valence electrons. The molecule has 0 aliphatic heterocycles. The number of ether oxygens (including phenoxy) is 2. The molecule has 0 unspecified atom stereocenters. The number of rotatable bonds is 9. The van der Waals surface area contributed by atoms with Crippen LogP contribution in [0.4, 0.5) is 11.4 Å². The van der Waals surface area contributed by atoms with Gasteiger partial charge in [0.15, 0.2) is 11.5 Å². The summed E-state index contributed by atoms with van der Waals surface area (Å²) in [6.07, 6.45) is 1.37. The third-order valence-corrected chi connectivity index (χ3v) is 4.90. The van der Waals surface area contributed by atoms with Crippen molar-refractivity contribution in [3.8, 4) is 23.3 Å². The van der Waals surface area contributed by atoms with Gasteiger partial charge in [-0.1, -0.05) is 35.9 Å². The first-order valence-corrected chi connectivity index (χ1v) is 10.7. The van der Waals surface area contributed by atoms with E-state index in [1.165, 1.54) is 12.1 Å². The van der Waals surface area contributed by atoms with Gasteiger partial charge >= 0.3 is 0 Å². The van der Waals surface area contributed by atoms with Gasteiger partial charge in [-0.2, -0.15) is 5.26 Å². The first kappa shape index (κ1) is 24.8. The number of anilines is 1. The molecule has 3 aromatic carbocycles. The second-order valence-electron chi connectivity index (χ2n) is 7.50. The van der Waals surface area contributed by atoms with Gasteiger partial charge in [0.25, 0.3) is 11.6 Å². The number of nitriles is 1. The minimum absolute atomic E-state index is 0.0587. The van der Waals surface area contributed by atoms with Gasteiger partial charge in [-0.3, -0.25) is 14.9 Å². The third-order valence-electron chi connectivity index (χ3n) is 4.90. The standard InChI is InChI=1S/C26H23N3O6/c1-3-34-25-13-19(8-11-24(25)35-16-18-6-4-17(2)5-7-18)12-20(15-27)26(31)28-22-10-9-21(29(32)33)14-23(22)30/h4-14,30H,3,16H2,1-2H3,(H,28,31)/b20-12+. The van der Waals surface area contributed by atoms with Crippen molar-refractivity contribution >= 4 is 23.4 Å². The number of nitrogens with one attached hydrogen (secondary N) is 1. The van der Waals surface area contributed by atoms with Crippen molar-refractivity contribution in [3.05, 3.63) is 93.0 Å². The normalized spacial score (nSPS) is 10.8. The monoisotopic (exact) mass is 473 g/mol. The summed E-state index contributed by atoms with van der Waals surface area (Å²) in [7, 11) is 0. The maximum Gasteiger partial charge on any atom is 0.273 e. The lowest BCUT2D eigenvalue weighted by atomic mass is 10.1.